The highest BCUT2D eigenvalue weighted by Crippen LogP contribution is 1.96. The van der Waals surface area contributed by atoms with Crippen molar-refractivity contribution in [1.29, 1.82) is 0 Å². The fraction of sp³-hybridized carbons (Fsp3) is 0. The first-order valence-electron chi connectivity index (χ1n) is 3.04. The summed E-state index contributed by atoms with van der Waals surface area (Å²) in [6.45, 7) is 0. The van der Waals surface area contributed by atoms with E-state index in [1.807, 2.05) is 6.21 Å². The third-order valence-electron chi connectivity index (χ3n) is 1.55. The lowest BCUT2D eigenvalue weighted by molar-refractivity contribution is 1.75. The van der Waals surface area contributed by atoms with Crippen LogP contribution in [-0.4, -0.2) is 15.9 Å². The highest BCUT2D eigenvalue weighted by Gasteiger charge is 2.02. The van der Waals surface area contributed by atoms with Crippen molar-refractivity contribution in [3.63, 3.8) is 0 Å². The van der Waals surface area contributed by atoms with E-state index in [1.54, 1.807) is 0 Å². The van der Waals surface area contributed by atoms with Gasteiger partial charge in [0, 0.05) is 6.21 Å². The molecule has 0 unspecified atom stereocenters. The van der Waals surface area contributed by atoms with Crippen molar-refractivity contribution in [2.75, 3.05) is 0 Å². The molecule has 0 spiro atoms. The topological polar surface area (TPSA) is 12.4 Å². The van der Waals surface area contributed by atoms with Gasteiger partial charge in [0.1, 0.15) is 0 Å². The van der Waals surface area contributed by atoms with E-state index in [4.69, 9.17) is 0 Å². The van der Waals surface area contributed by atoms with Crippen LogP contribution in [0.3, 0.4) is 0 Å². The first kappa shape index (κ1) is 4.94. The van der Waals surface area contributed by atoms with Crippen LogP contribution in [0.4, 0.5) is 0 Å². The molecule has 2 heteroatoms. The second-order valence-corrected chi connectivity index (χ2v) is 3.61. The van der Waals surface area contributed by atoms with Gasteiger partial charge in [-0.05, 0) is 10.8 Å². The Bertz CT molecular complexity index is 255. The monoisotopic (exact) mass is 133 g/mol. The summed E-state index contributed by atoms with van der Waals surface area (Å²) in [5.74, 6) is 0. The summed E-state index contributed by atoms with van der Waals surface area (Å²) in [6.07, 6.45) is 1.99. The normalized spacial score (nSPS) is 16.4. The Morgan fingerprint density at radius 3 is 3.00 bits per heavy atom. The highest BCUT2D eigenvalue weighted by molar-refractivity contribution is 6.57. The van der Waals surface area contributed by atoms with Crippen molar-refractivity contribution >= 4 is 21.1 Å². The maximum absolute atomic E-state index is 4.27. The molecule has 44 valence electrons. The Hall–Kier alpha value is -0.893. The molecule has 0 N–H and O–H groups in total. The van der Waals surface area contributed by atoms with E-state index in [9.17, 15) is 0 Å². The number of hydrogen-bond donors (Lipinski definition) is 0. The van der Waals surface area contributed by atoms with Crippen LogP contribution < -0.4 is 5.19 Å². The zero-order chi connectivity index (χ0) is 6.10. The molecule has 1 aromatic carbocycles. The van der Waals surface area contributed by atoms with Crippen molar-refractivity contribution in [3.8, 4) is 0 Å². The first-order valence-corrected chi connectivity index (χ1v) is 4.38. The molecular formula is C7H7NSi. The van der Waals surface area contributed by atoms with E-state index in [1.165, 1.54) is 10.8 Å². The van der Waals surface area contributed by atoms with Gasteiger partial charge >= 0.3 is 0 Å². The summed E-state index contributed by atoms with van der Waals surface area (Å²) < 4.78 is 4.27. The summed E-state index contributed by atoms with van der Waals surface area (Å²) >= 11 is 0. The Kier molecular flexibility index (Phi) is 0.992. The maximum Gasteiger partial charge on any atom is 0.181 e. The molecule has 0 aliphatic carbocycles. The predicted molar refractivity (Wildman–Crippen MR) is 42.2 cm³/mol. The summed E-state index contributed by atoms with van der Waals surface area (Å²) in [7, 11) is -0.239. The molecular weight excluding hydrogens is 126 g/mol. The van der Waals surface area contributed by atoms with E-state index in [0.717, 1.165) is 0 Å². The van der Waals surface area contributed by atoms with Gasteiger partial charge in [-0.15, -0.1) is 0 Å². The lowest BCUT2D eigenvalue weighted by Crippen LogP contribution is -2.09. The number of hydrogen-bond acceptors (Lipinski definition) is 1. The summed E-state index contributed by atoms with van der Waals surface area (Å²) in [5.41, 5.74) is 1.34. The van der Waals surface area contributed by atoms with Gasteiger partial charge in [0.15, 0.2) is 9.68 Å². The second-order valence-electron chi connectivity index (χ2n) is 2.17. The van der Waals surface area contributed by atoms with Crippen LogP contribution in [0.2, 0.25) is 0 Å². The zero-order valence-corrected chi connectivity index (χ0v) is 6.46. The minimum atomic E-state index is -0.239. The molecule has 0 aromatic heterocycles. The molecule has 1 heterocycles. The van der Waals surface area contributed by atoms with Crippen molar-refractivity contribution in [2.24, 2.45) is 4.66 Å². The minimum Gasteiger partial charge on any atom is -0.331 e. The third kappa shape index (κ3) is 0.714. The summed E-state index contributed by atoms with van der Waals surface area (Å²) in [6, 6.07) is 8.44. The largest absolute Gasteiger partial charge is 0.331 e. The summed E-state index contributed by atoms with van der Waals surface area (Å²) in [4.78, 5) is 0. The third-order valence-corrected chi connectivity index (χ3v) is 2.90. The molecule has 1 aliphatic rings. The Morgan fingerprint density at radius 2 is 2.11 bits per heavy atom. The van der Waals surface area contributed by atoms with E-state index < -0.39 is 0 Å². The predicted octanol–water partition coefficient (Wildman–Crippen LogP) is -0.172. The van der Waals surface area contributed by atoms with Gasteiger partial charge in [-0.1, -0.05) is 24.3 Å². The molecule has 0 saturated heterocycles. The molecule has 0 saturated carbocycles. The van der Waals surface area contributed by atoms with Gasteiger partial charge in [0.05, 0.1) is 0 Å². The lowest BCUT2D eigenvalue weighted by atomic mass is 10.2. The SMILES string of the molecule is C1=N[SiH2]c2ccccc21. The van der Waals surface area contributed by atoms with Gasteiger partial charge in [0.2, 0.25) is 0 Å². The van der Waals surface area contributed by atoms with Crippen LogP contribution in [0.25, 0.3) is 0 Å². The highest BCUT2D eigenvalue weighted by atomic mass is 28.2. The van der Waals surface area contributed by atoms with Crippen LogP contribution >= 0.6 is 0 Å². The zero-order valence-electron chi connectivity index (χ0n) is 5.04. The Morgan fingerprint density at radius 1 is 1.22 bits per heavy atom. The molecule has 2 rings (SSSR count). The summed E-state index contributed by atoms with van der Waals surface area (Å²) in [5, 5.41) is 1.48. The Balaban J connectivity index is 2.63. The smallest absolute Gasteiger partial charge is 0.181 e. The van der Waals surface area contributed by atoms with E-state index in [0.29, 0.717) is 0 Å². The first-order chi connectivity index (χ1) is 4.47. The van der Waals surface area contributed by atoms with Crippen LogP contribution in [0.1, 0.15) is 5.56 Å². The molecule has 1 aromatic rings. The number of fused-ring (bicyclic) bond motifs is 1. The maximum atomic E-state index is 4.27. The molecule has 0 fully saturated rings. The standard InChI is InChI=1S/C7H7NSi/c1-2-4-7-6(3-1)5-8-9-7/h1-5H,9H2. The van der Waals surface area contributed by atoms with Crippen molar-refractivity contribution in [1.82, 2.24) is 0 Å². The van der Waals surface area contributed by atoms with Gasteiger partial charge in [-0.3, -0.25) is 0 Å². The molecule has 1 aliphatic heterocycles. The van der Waals surface area contributed by atoms with Gasteiger partial charge in [0.25, 0.3) is 0 Å². The lowest BCUT2D eigenvalue weighted by Gasteiger charge is -1.90. The molecule has 0 radical (unpaired) electrons. The van der Waals surface area contributed by atoms with Crippen molar-refractivity contribution in [2.45, 2.75) is 0 Å². The fourth-order valence-electron chi connectivity index (χ4n) is 1.05. The average Bonchev–Trinajstić information content (AvgIpc) is 2.33. The van der Waals surface area contributed by atoms with Crippen LogP contribution in [-0.2, 0) is 0 Å². The quantitative estimate of drug-likeness (QED) is 0.436. The van der Waals surface area contributed by atoms with Crippen molar-refractivity contribution in [3.05, 3.63) is 29.8 Å². The molecule has 9 heavy (non-hydrogen) atoms. The molecule has 1 nitrogen and oxygen atoms in total. The molecule has 0 amide bonds. The van der Waals surface area contributed by atoms with Crippen molar-refractivity contribution < 1.29 is 0 Å². The van der Waals surface area contributed by atoms with Crippen LogP contribution in [0.15, 0.2) is 28.9 Å². The van der Waals surface area contributed by atoms with E-state index in [-0.39, 0.29) is 9.68 Å². The van der Waals surface area contributed by atoms with Gasteiger partial charge in [-0.2, -0.15) is 0 Å². The Labute approximate surface area is 56.3 Å². The number of rotatable bonds is 0. The molecule has 0 atom stereocenters. The number of nitrogens with zero attached hydrogens (tertiary/aromatic N) is 1. The average molecular weight is 133 g/mol. The second kappa shape index (κ2) is 1.81. The van der Waals surface area contributed by atoms with Crippen LogP contribution in [0, 0.1) is 0 Å². The van der Waals surface area contributed by atoms with Gasteiger partial charge < -0.3 is 4.66 Å². The number of benzene rings is 1. The van der Waals surface area contributed by atoms with E-state index in [2.05, 4.69) is 28.9 Å². The minimum absolute atomic E-state index is 0.239. The van der Waals surface area contributed by atoms with E-state index >= 15 is 0 Å². The molecule has 0 bridgehead atoms. The van der Waals surface area contributed by atoms with Gasteiger partial charge in [-0.25, -0.2) is 0 Å². The van der Waals surface area contributed by atoms with Crippen LogP contribution in [0.5, 0.6) is 0 Å². The fourth-order valence-corrected chi connectivity index (χ4v) is 2.16.